The van der Waals surface area contributed by atoms with Gasteiger partial charge >= 0.3 is 0 Å². The third-order valence-corrected chi connectivity index (χ3v) is 4.92. The van der Waals surface area contributed by atoms with Gasteiger partial charge in [0.2, 0.25) is 5.91 Å². The lowest BCUT2D eigenvalue weighted by Gasteiger charge is -2.16. The second-order valence-electron chi connectivity index (χ2n) is 5.98. The summed E-state index contributed by atoms with van der Waals surface area (Å²) in [5, 5.41) is 3.33. The van der Waals surface area contributed by atoms with Gasteiger partial charge in [0.25, 0.3) is 5.91 Å². The van der Waals surface area contributed by atoms with Crippen LogP contribution in [0, 0.1) is 0 Å². The first kappa shape index (κ1) is 18.3. The van der Waals surface area contributed by atoms with Crippen LogP contribution in [-0.4, -0.2) is 47.3 Å². The predicted octanol–water partition coefficient (Wildman–Crippen LogP) is 2.43. The minimum atomic E-state index is -0.103. The Morgan fingerprint density at radius 2 is 2.15 bits per heavy atom. The number of hydrogen-bond acceptors (Lipinski definition) is 5. The van der Waals surface area contributed by atoms with Crippen LogP contribution < -0.4 is 10.1 Å². The van der Waals surface area contributed by atoms with Crippen molar-refractivity contribution in [1.82, 2.24) is 10.2 Å². The van der Waals surface area contributed by atoms with E-state index in [-0.39, 0.29) is 23.6 Å². The van der Waals surface area contributed by atoms with Crippen LogP contribution >= 0.6 is 11.8 Å². The molecular weight excluding hydrogens is 350 g/mol. The number of aliphatic imine (C=N–C) groups is 1. The molecule has 26 heavy (non-hydrogen) atoms. The fourth-order valence-electron chi connectivity index (χ4n) is 2.49. The lowest BCUT2D eigenvalue weighted by molar-refractivity contribution is -0.123. The Morgan fingerprint density at radius 3 is 2.77 bits per heavy atom. The highest BCUT2D eigenvalue weighted by molar-refractivity contribution is 8.14. The highest BCUT2D eigenvalue weighted by Crippen LogP contribution is 2.35. The first-order chi connectivity index (χ1) is 12.6. The zero-order valence-electron chi connectivity index (χ0n) is 14.6. The molecule has 0 bridgehead atoms. The molecule has 1 N–H and O–H groups in total. The zero-order chi connectivity index (χ0) is 18.5. The van der Waals surface area contributed by atoms with E-state index in [2.05, 4.69) is 16.9 Å². The van der Waals surface area contributed by atoms with Crippen LogP contribution in [0.5, 0.6) is 5.75 Å². The lowest BCUT2D eigenvalue weighted by Crippen LogP contribution is -2.34. The third kappa shape index (κ3) is 4.35. The van der Waals surface area contributed by atoms with Crippen molar-refractivity contribution in [3.05, 3.63) is 48.2 Å². The highest BCUT2D eigenvalue weighted by Gasteiger charge is 2.41. The first-order valence-corrected chi connectivity index (χ1v) is 9.39. The van der Waals surface area contributed by atoms with Gasteiger partial charge < -0.3 is 10.1 Å². The van der Waals surface area contributed by atoms with E-state index in [1.165, 1.54) is 11.8 Å². The maximum Gasteiger partial charge on any atom is 0.278 e. The van der Waals surface area contributed by atoms with Gasteiger partial charge in [0, 0.05) is 12.6 Å². The van der Waals surface area contributed by atoms with Crippen molar-refractivity contribution in [3.8, 4) is 5.75 Å². The van der Waals surface area contributed by atoms with E-state index in [1.807, 2.05) is 24.3 Å². The molecule has 7 heteroatoms. The maximum atomic E-state index is 12.7. The minimum Gasteiger partial charge on any atom is -0.497 e. The van der Waals surface area contributed by atoms with Crippen LogP contribution in [0.4, 0.5) is 0 Å². The highest BCUT2D eigenvalue weighted by atomic mass is 32.2. The molecule has 0 saturated heterocycles. The van der Waals surface area contributed by atoms with Crippen molar-refractivity contribution in [1.29, 1.82) is 0 Å². The van der Waals surface area contributed by atoms with Gasteiger partial charge in [-0.3, -0.25) is 14.5 Å². The van der Waals surface area contributed by atoms with Crippen molar-refractivity contribution in [2.75, 3.05) is 19.4 Å². The van der Waals surface area contributed by atoms with Crippen LogP contribution in [-0.2, 0) is 9.59 Å². The Balaban J connectivity index is 1.74. The van der Waals surface area contributed by atoms with E-state index in [0.29, 0.717) is 17.4 Å². The average molecular weight is 371 g/mol. The number of hydrogen-bond donors (Lipinski definition) is 1. The summed E-state index contributed by atoms with van der Waals surface area (Å²) >= 11 is 1.29. The number of ether oxygens (including phenoxy) is 1. The first-order valence-electron chi connectivity index (χ1n) is 8.40. The lowest BCUT2D eigenvalue weighted by atomic mass is 10.2. The van der Waals surface area contributed by atoms with Crippen molar-refractivity contribution in [2.45, 2.75) is 18.9 Å². The van der Waals surface area contributed by atoms with Crippen LogP contribution in [0.3, 0.4) is 0 Å². The largest absolute Gasteiger partial charge is 0.497 e. The number of thioether (sulfide) groups is 1. The summed E-state index contributed by atoms with van der Waals surface area (Å²) in [6.07, 6.45) is 5.35. The molecule has 1 saturated carbocycles. The molecule has 0 aromatic heterocycles. The SMILES string of the molecule is C=CCNC(=O)CSC1=NC(=Cc2ccc(OC)cc2)C(=O)N1C1CC1. The Morgan fingerprint density at radius 1 is 1.42 bits per heavy atom. The van der Waals surface area contributed by atoms with Gasteiger partial charge in [0.15, 0.2) is 5.17 Å². The number of carbonyl (C=O) groups is 2. The van der Waals surface area contributed by atoms with E-state index in [0.717, 1.165) is 24.2 Å². The molecule has 0 atom stereocenters. The second-order valence-corrected chi connectivity index (χ2v) is 6.93. The number of rotatable bonds is 7. The van der Waals surface area contributed by atoms with Crippen LogP contribution in [0.15, 0.2) is 47.6 Å². The summed E-state index contributed by atoms with van der Waals surface area (Å²) in [6, 6.07) is 7.64. The normalized spacial score (nSPS) is 18.0. The Hall–Kier alpha value is -2.54. The molecule has 2 aliphatic rings. The Kier molecular flexibility index (Phi) is 5.78. The van der Waals surface area contributed by atoms with E-state index < -0.39 is 0 Å². The summed E-state index contributed by atoms with van der Waals surface area (Å²) in [5.41, 5.74) is 1.28. The molecule has 2 amide bonds. The van der Waals surface area contributed by atoms with E-state index in [4.69, 9.17) is 4.74 Å². The number of amidine groups is 1. The van der Waals surface area contributed by atoms with Crippen molar-refractivity contribution >= 4 is 34.8 Å². The second kappa shape index (κ2) is 8.23. The smallest absolute Gasteiger partial charge is 0.278 e. The van der Waals surface area contributed by atoms with E-state index in [1.54, 1.807) is 24.2 Å². The fraction of sp³-hybridized carbons (Fsp3) is 0.316. The average Bonchev–Trinajstić information content (AvgIpc) is 3.44. The molecule has 3 rings (SSSR count). The zero-order valence-corrected chi connectivity index (χ0v) is 15.4. The molecule has 1 aliphatic heterocycles. The molecule has 0 unspecified atom stereocenters. The van der Waals surface area contributed by atoms with Crippen LogP contribution in [0.25, 0.3) is 6.08 Å². The van der Waals surface area contributed by atoms with Gasteiger partial charge in [-0.15, -0.1) is 6.58 Å². The maximum absolute atomic E-state index is 12.7. The van der Waals surface area contributed by atoms with E-state index in [9.17, 15) is 9.59 Å². The molecule has 1 fully saturated rings. The number of benzene rings is 1. The monoisotopic (exact) mass is 371 g/mol. The Labute approximate surface area is 157 Å². The molecular formula is C19H21N3O3S. The topological polar surface area (TPSA) is 71.0 Å². The molecule has 1 aromatic carbocycles. The number of nitrogens with zero attached hydrogens (tertiary/aromatic N) is 2. The Bertz CT molecular complexity index is 767. The van der Waals surface area contributed by atoms with Gasteiger partial charge in [-0.2, -0.15) is 0 Å². The summed E-state index contributed by atoms with van der Waals surface area (Å²) in [7, 11) is 1.61. The number of nitrogens with one attached hydrogen (secondary N) is 1. The summed E-state index contributed by atoms with van der Waals surface area (Å²) in [4.78, 5) is 30.7. The third-order valence-electron chi connectivity index (χ3n) is 3.97. The van der Waals surface area contributed by atoms with Crippen LogP contribution in [0.2, 0.25) is 0 Å². The van der Waals surface area contributed by atoms with Gasteiger partial charge in [-0.25, -0.2) is 4.99 Å². The van der Waals surface area contributed by atoms with Gasteiger partial charge in [-0.1, -0.05) is 30.0 Å². The molecule has 1 aromatic rings. The fourth-order valence-corrected chi connectivity index (χ4v) is 3.39. The minimum absolute atomic E-state index is 0.0997. The number of carbonyl (C=O) groups excluding carboxylic acids is 2. The standard InChI is InChI=1S/C19H21N3O3S/c1-3-10-20-17(23)12-26-19-21-16(18(24)22(19)14-6-7-14)11-13-4-8-15(25-2)9-5-13/h3-5,8-9,11,14H,1,6-7,10,12H2,2H3,(H,20,23). The number of methoxy groups -OCH3 is 1. The van der Waals surface area contributed by atoms with Crippen LogP contribution in [0.1, 0.15) is 18.4 Å². The molecule has 0 spiro atoms. The van der Waals surface area contributed by atoms with Crippen molar-refractivity contribution in [3.63, 3.8) is 0 Å². The number of amides is 2. The van der Waals surface area contributed by atoms with Gasteiger partial charge in [0.1, 0.15) is 11.4 Å². The van der Waals surface area contributed by atoms with E-state index >= 15 is 0 Å². The van der Waals surface area contributed by atoms with Crippen molar-refractivity contribution in [2.24, 2.45) is 4.99 Å². The summed E-state index contributed by atoms with van der Waals surface area (Å²) in [6.45, 7) is 4.00. The quantitative estimate of drug-likeness (QED) is 0.590. The van der Waals surface area contributed by atoms with Crippen molar-refractivity contribution < 1.29 is 14.3 Å². The van der Waals surface area contributed by atoms with Gasteiger partial charge in [-0.05, 0) is 36.6 Å². The molecule has 1 heterocycles. The molecule has 136 valence electrons. The molecule has 1 aliphatic carbocycles. The molecule has 0 radical (unpaired) electrons. The predicted molar refractivity (Wildman–Crippen MR) is 104 cm³/mol. The summed E-state index contributed by atoms with van der Waals surface area (Å²) < 4.78 is 5.15. The molecule has 6 nitrogen and oxygen atoms in total. The van der Waals surface area contributed by atoms with Gasteiger partial charge in [0.05, 0.1) is 12.9 Å². The summed E-state index contributed by atoms with van der Waals surface area (Å²) in [5.74, 6) is 0.777.